The summed E-state index contributed by atoms with van der Waals surface area (Å²) in [6, 6.07) is 18.8. The number of aromatic nitrogens is 2. The molecule has 0 spiro atoms. The van der Waals surface area contributed by atoms with E-state index in [1.807, 2.05) is 24.3 Å². The summed E-state index contributed by atoms with van der Waals surface area (Å²) < 4.78 is 22.6. The lowest BCUT2D eigenvalue weighted by molar-refractivity contribution is 0.258. The molecule has 2 N–H and O–H groups in total. The van der Waals surface area contributed by atoms with Crippen molar-refractivity contribution in [1.82, 2.24) is 20.6 Å². The highest BCUT2D eigenvalue weighted by Crippen LogP contribution is 2.37. The van der Waals surface area contributed by atoms with E-state index in [1.54, 1.807) is 0 Å². The molecular formula is C31H33FN6O. The molecule has 0 amide bonds. The summed E-state index contributed by atoms with van der Waals surface area (Å²) in [5.74, 6) is 0.276. The highest BCUT2D eigenvalue weighted by Gasteiger charge is 2.26. The molecule has 0 bridgehead atoms. The molecule has 0 aliphatic carbocycles. The van der Waals surface area contributed by atoms with Crippen LogP contribution in [0.3, 0.4) is 0 Å². The van der Waals surface area contributed by atoms with E-state index in [9.17, 15) is 5.26 Å². The average molecular weight is 525 g/mol. The minimum atomic E-state index is -0.373. The highest BCUT2D eigenvalue weighted by atomic mass is 19.1. The van der Waals surface area contributed by atoms with Crippen molar-refractivity contribution < 1.29 is 9.13 Å². The zero-order chi connectivity index (χ0) is 26.8. The van der Waals surface area contributed by atoms with Crippen LogP contribution in [0, 0.1) is 17.1 Å². The monoisotopic (exact) mass is 524 g/mol. The Labute approximate surface area is 228 Å². The molecule has 2 atom stereocenters. The van der Waals surface area contributed by atoms with Crippen LogP contribution in [0.15, 0.2) is 48.5 Å². The Balaban J connectivity index is 1.48. The second kappa shape index (κ2) is 11.1. The maximum Gasteiger partial charge on any atom is 0.319 e. The van der Waals surface area contributed by atoms with Gasteiger partial charge in [0.2, 0.25) is 0 Å². The number of halogens is 1. The van der Waals surface area contributed by atoms with E-state index >= 15 is 4.39 Å². The molecule has 2 aliphatic heterocycles. The van der Waals surface area contributed by atoms with Gasteiger partial charge in [-0.1, -0.05) is 49.4 Å². The van der Waals surface area contributed by atoms with Crippen LogP contribution in [0.5, 0.6) is 6.01 Å². The van der Waals surface area contributed by atoms with Crippen LogP contribution in [0.4, 0.5) is 10.2 Å². The number of nitriles is 1. The molecule has 3 heterocycles. The number of hydrogen-bond acceptors (Lipinski definition) is 7. The standard InChI is InChI=1S/C31H33FN6O/c1-2-20-6-3-7-21-8-4-10-24(27(20)21)25-11-12-26-29(28(25)32)36-31(39-19-23-9-5-15-34-23)37-30(26)38-17-16-35-22(18-38)13-14-33/h3-4,6-8,10-12,22-23,34-35H,2,5,9,13,15-19H2,1H3. The van der Waals surface area contributed by atoms with E-state index in [4.69, 9.17) is 9.72 Å². The van der Waals surface area contributed by atoms with E-state index in [-0.39, 0.29) is 29.4 Å². The number of aryl methyl sites for hydroxylation is 1. The number of benzene rings is 3. The van der Waals surface area contributed by atoms with E-state index < -0.39 is 0 Å². The van der Waals surface area contributed by atoms with Gasteiger partial charge in [-0.15, -0.1) is 0 Å². The fourth-order valence-corrected chi connectivity index (χ4v) is 5.92. The number of fused-ring (bicyclic) bond motifs is 2. The first kappa shape index (κ1) is 25.5. The number of anilines is 1. The third-order valence-electron chi connectivity index (χ3n) is 7.90. The zero-order valence-corrected chi connectivity index (χ0v) is 22.2. The van der Waals surface area contributed by atoms with Crippen LogP contribution in [0.1, 0.15) is 31.7 Å². The molecule has 4 aromatic rings. The first-order valence-electron chi connectivity index (χ1n) is 13.9. The summed E-state index contributed by atoms with van der Waals surface area (Å²) in [4.78, 5) is 11.5. The molecule has 2 fully saturated rings. The molecule has 7 nitrogen and oxygen atoms in total. The summed E-state index contributed by atoms with van der Waals surface area (Å²) in [6.07, 6.45) is 3.40. The normalized spacial score (nSPS) is 19.5. The van der Waals surface area contributed by atoms with E-state index in [0.717, 1.165) is 48.7 Å². The lowest BCUT2D eigenvalue weighted by Crippen LogP contribution is -2.51. The largest absolute Gasteiger partial charge is 0.462 e. The molecule has 1 aromatic heterocycles. The maximum atomic E-state index is 16.6. The van der Waals surface area contributed by atoms with Crippen molar-refractivity contribution in [3.8, 4) is 23.2 Å². The second-order valence-corrected chi connectivity index (χ2v) is 10.4. The molecule has 0 saturated carbocycles. The van der Waals surface area contributed by atoms with Gasteiger partial charge in [-0.05, 0) is 53.8 Å². The summed E-state index contributed by atoms with van der Waals surface area (Å²) in [5, 5.41) is 18.9. The van der Waals surface area contributed by atoms with E-state index in [1.165, 1.54) is 5.56 Å². The van der Waals surface area contributed by atoms with Crippen LogP contribution in [0.2, 0.25) is 0 Å². The van der Waals surface area contributed by atoms with Crippen LogP contribution in [-0.4, -0.2) is 54.8 Å². The first-order chi connectivity index (χ1) is 19.2. The summed E-state index contributed by atoms with van der Waals surface area (Å²) in [6.45, 7) is 5.56. The zero-order valence-electron chi connectivity index (χ0n) is 22.2. The van der Waals surface area contributed by atoms with Gasteiger partial charge in [-0.3, -0.25) is 0 Å². The van der Waals surface area contributed by atoms with E-state index in [0.29, 0.717) is 42.9 Å². The maximum absolute atomic E-state index is 16.6. The lowest BCUT2D eigenvalue weighted by atomic mass is 9.93. The Morgan fingerprint density at radius 2 is 1.90 bits per heavy atom. The van der Waals surface area contributed by atoms with Crippen LogP contribution in [-0.2, 0) is 6.42 Å². The SMILES string of the molecule is CCc1cccc2cccc(-c3ccc4c(N5CCNC(CC#N)C5)nc(OCC5CCCN5)nc4c3F)c12. The first-order valence-corrected chi connectivity index (χ1v) is 13.9. The van der Waals surface area contributed by atoms with Gasteiger partial charge in [0.15, 0.2) is 5.82 Å². The van der Waals surface area contributed by atoms with E-state index in [2.05, 4.69) is 57.8 Å². The van der Waals surface area contributed by atoms with Gasteiger partial charge in [0, 0.05) is 42.7 Å². The molecule has 0 radical (unpaired) electrons. The Morgan fingerprint density at radius 1 is 1.05 bits per heavy atom. The minimum Gasteiger partial charge on any atom is -0.462 e. The predicted octanol–water partition coefficient (Wildman–Crippen LogP) is 4.97. The van der Waals surface area contributed by atoms with Gasteiger partial charge < -0.3 is 20.3 Å². The molecule has 3 aromatic carbocycles. The highest BCUT2D eigenvalue weighted by molar-refractivity contribution is 6.02. The van der Waals surface area contributed by atoms with Crippen molar-refractivity contribution in [1.29, 1.82) is 5.26 Å². The van der Waals surface area contributed by atoms with Crippen molar-refractivity contribution >= 4 is 27.5 Å². The van der Waals surface area contributed by atoms with Gasteiger partial charge >= 0.3 is 6.01 Å². The Bertz CT molecular complexity index is 1540. The molecule has 2 unspecified atom stereocenters. The van der Waals surface area contributed by atoms with Gasteiger partial charge in [-0.2, -0.15) is 15.2 Å². The molecular weight excluding hydrogens is 491 g/mol. The topological polar surface area (TPSA) is 86.1 Å². The lowest BCUT2D eigenvalue weighted by Gasteiger charge is -2.34. The Morgan fingerprint density at radius 3 is 2.69 bits per heavy atom. The summed E-state index contributed by atoms with van der Waals surface area (Å²) in [7, 11) is 0. The molecule has 39 heavy (non-hydrogen) atoms. The third-order valence-corrected chi connectivity index (χ3v) is 7.90. The van der Waals surface area contributed by atoms with Gasteiger partial charge in [0.05, 0.1) is 12.5 Å². The van der Waals surface area contributed by atoms with Crippen molar-refractivity contribution in [2.24, 2.45) is 0 Å². The van der Waals surface area contributed by atoms with Crippen molar-refractivity contribution in [2.45, 2.75) is 44.7 Å². The smallest absolute Gasteiger partial charge is 0.319 e. The third kappa shape index (κ3) is 5.00. The second-order valence-electron chi connectivity index (χ2n) is 10.4. The average Bonchev–Trinajstić information content (AvgIpc) is 3.50. The predicted molar refractivity (Wildman–Crippen MR) is 153 cm³/mol. The molecule has 8 heteroatoms. The summed E-state index contributed by atoms with van der Waals surface area (Å²) >= 11 is 0. The number of nitrogens with zero attached hydrogens (tertiary/aromatic N) is 4. The van der Waals surface area contributed by atoms with Gasteiger partial charge in [0.25, 0.3) is 0 Å². The fourth-order valence-electron chi connectivity index (χ4n) is 5.92. The van der Waals surface area contributed by atoms with Crippen LogP contribution >= 0.6 is 0 Å². The molecule has 2 aliphatic rings. The minimum absolute atomic E-state index is 0.0214. The number of ether oxygens (including phenoxy) is 1. The Hall–Kier alpha value is -3.80. The van der Waals surface area contributed by atoms with Crippen molar-refractivity contribution in [3.05, 3.63) is 59.9 Å². The number of rotatable bonds is 7. The quantitative estimate of drug-likeness (QED) is 0.353. The van der Waals surface area contributed by atoms with Crippen LogP contribution < -0.4 is 20.3 Å². The van der Waals surface area contributed by atoms with Gasteiger partial charge in [0.1, 0.15) is 17.9 Å². The van der Waals surface area contributed by atoms with Gasteiger partial charge in [-0.25, -0.2) is 4.39 Å². The molecule has 2 saturated heterocycles. The summed E-state index contributed by atoms with van der Waals surface area (Å²) in [5.41, 5.74) is 2.82. The molecule has 6 rings (SSSR count). The number of nitrogens with one attached hydrogen (secondary N) is 2. The number of piperazine rings is 1. The Kier molecular flexibility index (Phi) is 7.27. The molecule has 200 valence electrons. The number of hydrogen-bond donors (Lipinski definition) is 2. The van der Waals surface area contributed by atoms with Crippen LogP contribution in [0.25, 0.3) is 32.8 Å². The van der Waals surface area contributed by atoms with Crippen molar-refractivity contribution in [3.63, 3.8) is 0 Å². The fraction of sp³-hybridized carbons (Fsp3) is 0.387. The van der Waals surface area contributed by atoms with Crippen molar-refractivity contribution in [2.75, 3.05) is 37.7 Å².